The predicted octanol–water partition coefficient (Wildman–Crippen LogP) is 3.98. The average Bonchev–Trinajstić information content (AvgIpc) is 2.75. The number of hydrogen-bond donors (Lipinski definition) is 2. The van der Waals surface area contributed by atoms with Gasteiger partial charge in [-0.3, -0.25) is 9.59 Å². The standard InChI is InChI=1S/C23H20Cl2N2O4/c24-18-13-19(25)22(29)27(11-10-14-4-7-16(8-5-14)23(30)31)20(18)9-6-15-2-1-3-17(12-15)21(26)28/h1-5,7-8,12-13H,6,9-11H2,(H2,26,28)(H,30,31). The Morgan fingerprint density at radius 1 is 0.871 bits per heavy atom. The van der Waals surface area contributed by atoms with Gasteiger partial charge >= 0.3 is 5.97 Å². The predicted molar refractivity (Wildman–Crippen MR) is 120 cm³/mol. The second kappa shape index (κ2) is 9.81. The van der Waals surface area contributed by atoms with Crippen molar-refractivity contribution in [3.05, 3.63) is 103 Å². The van der Waals surface area contributed by atoms with Crippen molar-refractivity contribution in [2.45, 2.75) is 25.8 Å². The molecule has 3 rings (SSSR count). The number of pyridine rings is 1. The van der Waals surface area contributed by atoms with E-state index in [2.05, 4.69) is 0 Å². The van der Waals surface area contributed by atoms with Crippen LogP contribution in [0.2, 0.25) is 10.0 Å². The number of carbonyl (C=O) groups excluding carboxylic acids is 1. The van der Waals surface area contributed by atoms with E-state index in [-0.39, 0.29) is 16.1 Å². The molecule has 0 aliphatic heterocycles. The molecule has 0 aliphatic rings. The number of aromatic carboxylic acids is 1. The van der Waals surface area contributed by atoms with Gasteiger partial charge in [-0.1, -0.05) is 47.5 Å². The largest absolute Gasteiger partial charge is 0.478 e. The van der Waals surface area contributed by atoms with Crippen molar-refractivity contribution in [1.82, 2.24) is 4.57 Å². The van der Waals surface area contributed by atoms with E-state index >= 15 is 0 Å². The number of hydrogen-bond acceptors (Lipinski definition) is 3. The molecule has 3 N–H and O–H groups in total. The van der Waals surface area contributed by atoms with Crippen LogP contribution in [0.4, 0.5) is 0 Å². The fourth-order valence-corrected chi connectivity index (χ4v) is 3.90. The number of primary amides is 1. The lowest BCUT2D eigenvalue weighted by atomic mass is 10.0. The van der Waals surface area contributed by atoms with Gasteiger partial charge in [0.05, 0.1) is 10.6 Å². The lowest BCUT2D eigenvalue weighted by Gasteiger charge is -2.16. The number of carboxylic acid groups (broad SMARTS) is 1. The number of nitrogens with two attached hydrogens (primary N) is 1. The van der Waals surface area contributed by atoms with E-state index in [9.17, 15) is 14.4 Å². The summed E-state index contributed by atoms with van der Waals surface area (Å²) >= 11 is 12.5. The zero-order valence-corrected chi connectivity index (χ0v) is 18.0. The summed E-state index contributed by atoms with van der Waals surface area (Å²) in [4.78, 5) is 35.1. The van der Waals surface area contributed by atoms with Crippen LogP contribution in [0.5, 0.6) is 0 Å². The van der Waals surface area contributed by atoms with Crippen LogP contribution in [0, 0.1) is 0 Å². The van der Waals surface area contributed by atoms with Crippen molar-refractivity contribution in [1.29, 1.82) is 0 Å². The van der Waals surface area contributed by atoms with E-state index in [1.807, 2.05) is 6.07 Å². The van der Waals surface area contributed by atoms with Crippen molar-refractivity contribution in [2.75, 3.05) is 0 Å². The van der Waals surface area contributed by atoms with Gasteiger partial charge in [0.15, 0.2) is 0 Å². The van der Waals surface area contributed by atoms with Gasteiger partial charge in [0.25, 0.3) is 5.56 Å². The van der Waals surface area contributed by atoms with Gasteiger partial charge in [-0.15, -0.1) is 0 Å². The highest BCUT2D eigenvalue weighted by Crippen LogP contribution is 2.21. The summed E-state index contributed by atoms with van der Waals surface area (Å²) in [5, 5.41) is 9.44. The highest BCUT2D eigenvalue weighted by Gasteiger charge is 2.14. The number of aryl methyl sites for hydroxylation is 2. The minimum absolute atomic E-state index is 0.0331. The maximum absolute atomic E-state index is 12.7. The molecule has 160 valence electrons. The lowest BCUT2D eigenvalue weighted by molar-refractivity contribution is 0.0696. The SMILES string of the molecule is NC(=O)c1cccc(CCc2c(Cl)cc(Cl)c(=O)n2CCc2ccc(C(=O)O)cc2)c1. The highest BCUT2D eigenvalue weighted by molar-refractivity contribution is 6.34. The zero-order valence-electron chi connectivity index (χ0n) is 16.5. The second-order valence-electron chi connectivity index (χ2n) is 7.06. The second-order valence-corrected chi connectivity index (χ2v) is 7.87. The quantitative estimate of drug-likeness (QED) is 0.532. The van der Waals surface area contributed by atoms with E-state index in [0.29, 0.717) is 42.1 Å². The number of carbonyl (C=O) groups is 2. The third-order valence-corrected chi connectivity index (χ3v) is 5.59. The Balaban J connectivity index is 1.83. The molecule has 0 spiro atoms. The van der Waals surface area contributed by atoms with E-state index in [0.717, 1.165) is 11.1 Å². The van der Waals surface area contributed by atoms with Crippen molar-refractivity contribution in [3.63, 3.8) is 0 Å². The van der Waals surface area contributed by atoms with Gasteiger partial charge in [0.2, 0.25) is 5.91 Å². The van der Waals surface area contributed by atoms with E-state index < -0.39 is 11.9 Å². The highest BCUT2D eigenvalue weighted by atomic mass is 35.5. The van der Waals surface area contributed by atoms with Crippen LogP contribution in [0.25, 0.3) is 0 Å². The first-order chi connectivity index (χ1) is 14.8. The van der Waals surface area contributed by atoms with Crippen LogP contribution in [-0.4, -0.2) is 21.6 Å². The van der Waals surface area contributed by atoms with Crippen LogP contribution >= 0.6 is 23.2 Å². The first-order valence-electron chi connectivity index (χ1n) is 9.55. The Morgan fingerprint density at radius 2 is 1.58 bits per heavy atom. The Morgan fingerprint density at radius 3 is 2.23 bits per heavy atom. The van der Waals surface area contributed by atoms with Crippen LogP contribution < -0.4 is 11.3 Å². The van der Waals surface area contributed by atoms with E-state index in [4.69, 9.17) is 34.0 Å². The molecular weight excluding hydrogens is 439 g/mol. The van der Waals surface area contributed by atoms with Gasteiger partial charge < -0.3 is 15.4 Å². The summed E-state index contributed by atoms with van der Waals surface area (Å²) in [6, 6.07) is 14.9. The number of aromatic nitrogens is 1. The van der Waals surface area contributed by atoms with Gasteiger partial charge in [-0.2, -0.15) is 0 Å². The van der Waals surface area contributed by atoms with Crippen LogP contribution in [0.15, 0.2) is 59.4 Å². The van der Waals surface area contributed by atoms with Crippen LogP contribution in [0.3, 0.4) is 0 Å². The molecular formula is C23H20Cl2N2O4. The number of benzene rings is 2. The normalized spacial score (nSPS) is 10.8. The summed E-state index contributed by atoms with van der Waals surface area (Å²) in [6.07, 6.45) is 1.52. The monoisotopic (exact) mass is 458 g/mol. The third-order valence-electron chi connectivity index (χ3n) is 4.99. The number of amides is 1. The summed E-state index contributed by atoms with van der Waals surface area (Å²) in [5.41, 5.74) is 8.04. The molecule has 0 fully saturated rings. The van der Waals surface area contributed by atoms with Crippen molar-refractivity contribution < 1.29 is 14.7 Å². The number of rotatable bonds is 8. The summed E-state index contributed by atoms with van der Waals surface area (Å²) in [6.45, 7) is 0.336. The van der Waals surface area contributed by atoms with Crippen LogP contribution in [0.1, 0.15) is 37.5 Å². The molecule has 0 atom stereocenters. The molecule has 6 nitrogen and oxygen atoms in total. The van der Waals surface area contributed by atoms with E-state index in [1.165, 1.54) is 18.2 Å². The van der Waals surface area contributed by atoms with Gasteiger partial charge in [0, 0.05) is 17.8 Å². The Labute approximate surface area is 188 Å². The molecule has 0 saturated carbocycles. The molecule has 3 aromatic rings. The summed E-state index contributed by atoms with van der Waals surface area (Å²) in [7, 11) is 0. The molecule has 0 bridgehead atoms. The molecule has 0 aliphatic carbocycles. The number of halogens is 2. The molecule has 1 aromatic heterocycles. The molecule has 8 heteroatoms. The number of nitrogens with zero attached hydrogens (tertiary/aromatic N) is 1. The Kier molecular flexibility index (Phi) is 7.15. The van der Waals surface area contributed by atoms with Gasteiger partial charge in [-0.25, -0.2) is 4.79 Å². The molecule has 0 radical (unpaired) electrons. The molecule has 1 heterocycles. The van der Waals surface area contributed by atoms with Crippen molar-refractivity contribution in [3.8, 4) is 0 Å². The molecule has 0 saturated heterocycles. The first kappa shape index (κ1) is 22.6. The van der Waals surface area contributed by atoms with E-state index in [1.54, 1.807) is 34.9 Å². The van der Waals surface area contributed by atoms with Gasteiger partial charge in [0.1, 0.15) is 5.02 Å². The number of carboxylic acids is 1. The van der Waals surface area contributed by atoms with Crippen LogP contribution in [-0.2, 0) is 25.8 Å². The molecule has 1 amide bonds. The average molecular weight is 459 g/mol. The zero-order chi connectivity index (χ0) is 22.5. The van der Waals surface area contributed by atoms with Crippen molar-refractivity contribution >= 4 is 35.1 Å². The topological polar surface area (TPSA) is 102 Å². The first-order valence-corrected chi connectivity index (χ1v) is 10.3. The summed E-state index contributed by atoms with van der Waals surface area (Å²) < 4.78 is 1.55. The van der Waals surface area contributed by atoms with Gasteiger partial charge in [-0.05, 0) is 60.7 Å². The molecule has 2 aromatic carbocycles. The molecule has 0 unspecified atom stereocenters. The minimum atomic E-state index is -0.993. The molecule has 31 heavy (non-hydrogen) atoms. The maximum Gasteiger partial charge on any atom is 0.335 e. The fourth-order valence-electron chi connectivity index (χ4n) is 3.33. The summed E-state index contributed by atoms with van der Waals surface area (Å²) in [5.74, 6) is -1.50. The smallest absolute Gasteiger partial charge is 0.335 e. The maximum atomic E-state index is 12.7. The Hall–Kier alpha value is -3.09. The fraction of sp³-hybridized carbons (Fsp3) is 0.174. The Bertz CT molecular complexity index is 1190. The third kappa shape index (κ3) is 5.54. The minimum Gasteiger partial charge on any atom is -0.478 e. The van der Waals surface area contributed by atoms with Crippen molar-refractivity contribution in [2.24, 2.45) is 5.73 Å². The lowest BCUT2D eigenvalue weighted by Crippen LogP contribution is -2.25.